The lowest BCUT2D eigenvalue weighted by Gasteiger charge is -2.31. The number of sulfonamides is 1. The van der Waals surface area contributed by atoms with E-state index in [0.29, 0.717) is 30.9 Å². The summed E-state index contributed by atoms with van der Waals surface area (Å²) in [4.78, 5) is 27.9. The number of carbonyl (C=O) groups excluding carboxylic acids is 2. The highest BCUT2D eigenvalue weighted by Crippen LogP contribution is 2.50. The highest BCUT2D eigenvalue weighted by Gasteiger charge is 2.44. The molecule has 0 aromatic heterocycles. The molecule has 0 saturated carbocycles. The summed E-state index contributed by atoms with van der Waals surface area (Å²) in [7, 11) is -2.92. The minimum absolute atomic E-state index is 0. The van der Waals surface area contributed by atoms with Crippen LogP contribution < -0.4 is 19.3 Å². The van der Waals surface area contributed by atoms with E-state index in [1.54, 1.807) is 61.5 Å². The number of aliphatic hydroxyl groups excluding tert-OH is 1. The lowest BCUT2D eigenvalue weighted by molar-refractivity contribution is -0.150. The number of carbonyl (C=O) groups is 2. The molecule has 20 heteroatoms. The second-order valence-electron chi connectivity index (χ2n) is 15.9. The molecule has 2 heterocycles. The number of methoxy groups -OCH3 is 1. The minimum atomic E-state index is -4.15. The fourth-order valence-corrected chi connectivity index (χ4v) is 10.1. The monoisotopic (exact) mass is 1050 g/mol. The zero-order valence-corrected chi connectivity index (χ0v) is 40.8. The molecule has 2 N–H and O–H groups in total. The van der Waals surface area contributed by atoms with Crippen LogP contribution in [0.15, 0.2) is 77.7 Å². The SMILES string of the molecule is C.CCOC(=O)C(C)OP(=O)(COc1ccc(C[C@H](NC(=O)O[C@H]2COC3OCC[C@H]32)[C@H](O)CN(CC(C)C)S(=O)(=O)c2ccc(OC)cc2)cc1)Oc1cccc(CN(C)C)c1.I. The summed E-state index contributed by atoms with van der Waals surface area (Å²) in [5, 5.41) is 14.6. The first-order valence-electron chi connectivity index (χ1n) is 20.6. The molecule has 17 nitrogen and oxygen atoms in total. The molecule has 2 saturated heterocycles. The normalized spacial score (nSPS) is 19.3. The van der Waals surface area contributed by atoms with E-state index in [0.717, 1.165) is 5.56 Å². The third kappa shape index (κ3) is 15.8. The van der Waals surface area contributed by atoms with E-state index >= 15 is 0 Å². The first-order chi connectivity index (χ1) is 29.5. The van der Waals surface area contributed by atoms with Crippen molar-refractivity contribution in [3.63, 3.8) is 0 Å². The molecule has 0 bridgehead atoms. The molecule has 0 radical (unpaired) electrons. The Balaban J connectivity index is 0.00000544. The van der Waals surface area contributed by atoms with Gasteiger partial charge < -0.3 is 48.3 Å². The number of nitrogens with one attached hydrogen (secondary N) is 1. The van der Waals surface area contributed by atoms with Gasteiger partial charge in [0, 0.05) is 19.6 Å². The van der Waals surface area contributed by atoms with Crippen molar-refractivity contribution in [1.29, 1.82) is 0 Å². The highest BCUT2D eigenvalue weighted by atomic mass is 127. The molecule has 358 valence electrons. The highest BCUT2D eigenvalue weighted by molar-refractivity contribution is 14.0. The Kier molecular flexibility index (Phi) is 21.7. The van der Waals surface area contributed by atoms with Gasteiger partial charge in [-0.2, -0.15) is 4.31 Å². The molecule has 3 aromatic rings. The Morgan fingerprint density at radius 1 is 0.953 bits per heavy atom. The standard InChI is InChI=1S/C43H60N3O14PS.CH4.HI/c1-8-54-41(48)30(4)59-61(50,60-35-11-9-10-32(22-35)25-45(5)6)28-57-34-14-12-31(13-15-34)23-38(44-43(49)58-40-27-56-42-37(40)20-21-55-42)39(47)26-46(24-29(2)3)62(51,52)36-18-16-33(53-7)17-19-36;;/h9-19,22,29-30,37-40,42,47H,8,20-21,23-28H2,1-7H3,(H,44,49);1H4;1H/t30?,37-,38-,39+,40-,42?,61?;;/m0../s1. The topological polar surface area (TPSA) is 198 Å². The molecule has 3 unspecified atom stereocenters. The van der Waals surface area contributed by atoms with Crippen molar-refractivity contribution in [2.45, 2.75) is 90.0 Å². The number of hydrogen-bond acceptors (Lipinski definition) is 15. The van der Waals surface area contributed by atoms with Gasteiger partial charge in [0.1, 0.15) is 23.4 Å². The molecule has 0 aliphatic carbocycles. The smallest absolute Gasteiger partial charge is 0.417 e. The largest absolute Gasteiger partial charge is 0.497 e. The summed E-state index contributed by atoms with van der Waals surface area (Å²) in [6, 6.07) is 18.5. The molecular weight excluding hydrogens is 984 g/mol. The van der Waals surface area contributed by atoms with Crippen LogP contribution in [0.2, 0.25) is 0 Å². The second-order valence-corrected chi connectivity index (χ2v) is 19.7. The van der Waals surface area contributed by atoms with E-state index < -0.39 is 66.7 Å². The van der Waals surface area contributed by atoms with Gasteiger partial charge >= 0.3 is 19.7 Å². The lowest BCUT2D eigenvalue weighted by Crippen LogP contribution is -2.51. The van der Waals surface area contributed by atoms with Crippen molar-refractivity contribution in [3.05, 3.63) is 83.9 Å². The Bertz CT molecular complexity index is 2080. The molecule has 7 atom stereocenters. The van der Waals surface area contributed by atoms with E-state index in [2.05, 4.69) is 5.32 Å². The van der Waals surface area contributed by atoms with Crippen LogP contribution in [0, 0.1) is 11.8 Å². The first kappa shape index (κ1) is 54.8. The van der Waals surface area contributed by atoms with Crippen LogP contribution in [-0.4, -0.2) is 126 Å². The number of alkyl carbamates (subject to hydrolysis) is 1. The molecule has 2 aliphatic heterocycles. The molecular formula is C44H65IN3O14PS. The third-order valence-electron chi connectivity index (χ3n) is 10.0. The van der Waals surface area contributed by atoms with Gasteiger partial charge in [-0.15, -0.1) is 24.0 Å². The number of aliphatic hydroxyl groups is 1. The maximum Gasteiger partial charge on any atom is 0.417 e. The van der Waals surface area contributed by atoms with Crippen LogP contribution in [0.4, 0.5) is 4.79 Å². The summed E-state index contributed by atoms with van der Waals surface area (Å²) >= 11 is 0. The molecule has 0 spiro atoms. The number of amides is 1. The average molecular weight is 1050 g/mol. The molecule has 3 aromatic carbocycles. The van der Waals surface area contributed by atoms with Crippen molar-refractivity contribution in [2.75, 3.05) is 60.5 Å². The van der Waals surface area contributed by atoms with Gasteiger partial charge in [-0.1, -0.05) is 45.5 Å². The zero-order valence-electron chi connectivity index (χ0n) is 36.7. The predicted molar refractivity (Wildman–Crippen MR) is 251 cm³/mol. The van der Waals surface area contributed by atoms with E-state index in [9.17, 15) is 27.7 Å². The number of benzene rings is 3. The average Bonchev–Trinajstić information content (AvgIpc) is 3.85. The van der Waals surface area contributed by atoms with Crippen LogP contribution in [0.1, 0.15) is 52.7 Å². The van der Waals surface area contributed by atoms with Crippen molar-refractivity contribution in [2.24, 2.45) is 11.8 Å². The molecule has 5 rings (SSSR count). The fourth-order valence-electron chi connectivity index (χ4n) is 7.04. The summed E-state index contributed by atoms with van der Waals surface area (Å²) in [6.45, 7) is 7.89. The number of halogens is 1. The van der Waals surface area contributed by atoms with E-state index in [1.807, 2.05) is 38.9 Å². The van der Waals surface area contributed by atoms with Crippen molar-refractivity contribution >= 4 is 53.7 Å². The molecule has 2 fully saturated rings. The maximum atomic E-state index is 14.2. The van der Waals surface area contributed by atoms with Gasteiger partial charge in [0.2, 0.25) is 16.4 Å². The number of rotatable bonds is 23. The molecule has 64 heavy (non-hydrogen) atoms. The number of fused-ring (bicyclic) bond motifs is 1. The zero-order chi connectivity index (χ0) is 45.0. The second kappa shape index (κ2) is 25.4. The van der Waals surface area contributed by atoms with Gasteiger partial charge in [-0.3, -0.25) is 4.52 Å². The minimum Gasteiger partial charge on any atom is -0.497 e. The number of esters is 1. The maximum absolute atomic E-state index is 14.2. The lowest BCUT2D eigenvalue weighted by atomic mass is 10.0. The van der Waals surface area contributed by atoms with Crippen LogP contribution in [0.3, 0.4) is 0 Å². The first-order valence-corrected chi connectivity index (χ1v) is 23.8. The molecule has 1 amide bonds. The molecule has 2 aliphatic rings. The van der Waals surface area contributed by atoms with Crippen molar-refractivity contribution in [1.82, 2.24) is 14.5 Å². The summed E-state index contributed by atoms with van der Waals surface area (Å²) in [5.74, 6) is 0.0899. The van der Waals surface area contributed by atoms with Crippen LogP contribution >= 0.6 is 31.6 Å². The van der Waals surface area contributed by atoms with Crippen LogP contribution in [-0.2, 0) is 55.8 Å². The fraction of sp³-hybridized carbons (Fsp3) is 0.545. The summed E-state index contributed by atoms with van der Waals surface area (Å²) in [6.07, 6.45) is -4.28. The van der Waals surface area contributed by atoms with Crippen molar-refractivity contribution in [3.8, 4) is 17.2 Å². The third-order valence-corrected chi connectivity index (χ3v) is 13.4. The van der Waals surface area contributed by atoms with Crippen LogP contribution in [0.25, 0.3) is 0 Å². The van der Waals surface area contributed by atoms with Gasteiger partial charge in [-0.25, -0.2) is 22.6 Å². The Morgan fingerprint density at radius 2 is 1.64 bits per heavy atom. The number of ether oxygens (including phenoxy) is 6. The van der Waals surface area contributed by atoms with Gasteiger partial charge in [0.25, 0.3) is 0 Å². The van der Waals surface area contributed by atoms with E-state index in [-0.39, 0.29) is 92.4 Å². The number of hydrogen-bond donors (Lipinski definition) is 2. The van der Waals surface area contributed by atoms with Gasteiger partial charge in [0.05, 0.1) is 49.9 Å². The summed E-state index contributed by atoms with van der Waals surface area (Å²) < 4.78 is 88.1. The number of nitrogens with zero attached hydrogens (tertiary/aromatic N) is 2. The Morgan fingerprint density at radius 3 is 2.28 bits per heavy atom. The quantitative estimate of drug-likeness (QED) is 0.0578. The van der Waals surface area contributed by atoms with Crippen molar-refractivity contribution < 1.29 is 65.1 Å². The Hall–Kier alpha value is -3.53. The van der Waals surface area contributed by atoms with Gasteiger partial charge in [0.15, 0.2) is 12.4 Å². The van der Waals surface area contributed by atoms with E-state index in [1.165, 1.54) is 30.5 Å². The van der Waals surface area contributed by atoms with E-state index in [4.69, 9.17) is 37.5 Å². The van der Waals surface area contributed by atoms with Crippen LogP contribution in [0.5, 0.6) is 17.2 Å². The van der Waals surface area contributed by atoms with Gasteiger partial charge in [-0.05, 0) is 106 Å². The summed E-state index contributed by atoms with van der Waals surface area (Å²) in [5.41, 5.74) is 1.53. The predicted octanol–water partition coefficient (Wildman–Crippen LogP) is 6.69. The Labute approximate surface area is 394 Å².